The van der Waals surface area contributed by atoms with Crippen LogP contribution < -0.4 is 0 Å². The zero-order chi connectivity index (χ0) is 22.8. The highest BCUT2D eigenvalue weighted by atomic mass is 16.4. The Balaban J connectivity index is 1.82. The number of hydrogen-bond acceptors (Lipinski definition) is 2. The summed E-state index contributed by atoms with van der Waals surface area (Å²) in [5.41, 5.74) is 2.89. The number of rotatable bonds is 12. The Hall–Kier alpha value is -2.13. The summed E-state index contributed by atoms with van der Waals surface area (Å²) in [6, 6.07) is 10.8. The summed E-state index contributed by atoms with van der Waals surface area (Å²) < 4.78 is 0. The molecule has 0 aromatic heterocycles. The molecular weight excluding hydrogens is 396 g/mol. The Morgan fingerprint density at radius 2 is 1.97 bits per heavy atom. The summed E-state index contributed by atoms with van der Waals surface area (Å²) in [5.74, 6) is 0.316. The zero-order valence-corrected chi connectivity index (χ0v) is 19.4. The number of aliphatic hydroxyl groups is 1. The van der Waals surface area contributed by atoms with Crippen molar-refractivity contribution in [2.24, 2.45) is 17.3 Å². The molecule has 0 radical (unpaired) electrons. The zero-order valence-electron chi connectivity index (χ0n) is 19.4. The van der Waals surface area contributed by atoms with E-state index < -0.39 is 12.1 Å². The summed E-state index contributed by atoms with van der Waals surface area (Å²) in [6.07, 6.45) is 19.6. The van der Waals surface area contributed by atoms with Crippen molar-refractivity contribution < 1.29 is 15.0 Å². The van der Waals surface area contributed by atoms with Gasteiger partial charge in [-0.2, -0.15) is 0 Å². The summed E-state index contributed by atoms with van der Waals surface area (Å²) in [7, 11) is 0. The number of carbonyl (C=O) groups is 1. The molecular formula is C29H40O3. The number of benzene rings is 1. The Labute approximate surface area is 193 Å². The van der Waals surface area contributed by atoms with Crippen molar-refractivity contribution in [1.82, 2.24) is 0 Å². The molecule has 1 aromatic rings. The van der Waals surface area contributed by atoms with Crippen LogP contribution in [0.3, 0.4) is 0 Å². The first-order valence-electron chi connectivity index (χ1n) is 12.5. The third-order valence-electron chi connectivity index (χ3n) is 7.69. The molecule has 3 nitrogen and oxygen atoms in total. The van der Waals surface area contributed by atoms with Gasteiger partial charge in [0.15, 0.2) is 0 Å². The van der Waals surface area contributed by atoms with Crippen molar-refractivity contribution in [3.63, 3.8) is 0 Å². The van der Waals surface area contributed by atoms with Gasteiger partial charge in [-0.15, -0.1) is 0 Å². The van der Waals surface area contributed by atoms with Gasteiger partial charge in [-0.3, -0.25) is 4.79 Å². The highest BCUT2D eigenvalue weighted by Gasteiger charge is 2.45. The van der Waals surface area contributed by atoms with Crippen LogP contribution in [0.5, 0.6) is 0 Å². The lowest BCUT2D eigenvalue weighted by molar-refractivity contribution is -0.137. The van der Waals surface area contributed by atoms with Crippen LogP contribution in [-0.4, -0.2) is 22.3 Å². The van der Waals surface area contributed by atoms with Crippen molar-refractivity contribution in [2.45, 2.75) is 83.2 Å². The van der Waals surface area contributed by atoms with E-state index >= 15 is 0 Å². The van der Waals surface area contributed by atoms with E-state index in [1.165, 1.54) is 36.8 Å². The summed E-state index contributed by atoms with van der Waals surface area (Å²) in [4.78, 5) is 10.9. The highest BCUT2D eigenvalue weighted by molar-refractivity contribution is 5.66. The van der Waals surface area contributed by atoms with E-state index in [1.807, 2.05) is 12.2 Å². The van der Waals surface area contributed by atoms with Crippen molar-refractivity contribution in [1.29, 1.82) is 0 Å². The molecule has 32 heavy (non-hydrogen) atoms. The van der Waals surface area contributed by atoms with E-state index in [9.17, 15) is 9.90 Å². The smallest absolute Gasteiger partial charge is 0.303 e. The maximum atomic E-state index is 11.1. The standard InChI is InChI=1S/C29H40O3/c1-2-3-17-27(30)29(19-11-20-29)22-25(21-23-12-5-4-6-13-23)26-16-9-7-14-24(26)15-8-10-18-28(31)32/h2-6,12-13,15,17,25-27,30H,1,7-11,14,16,18-22H2,(H,31,32)/b17-3+,24-15-/t25?,26?,27-/m0/s1. The fourth-order valence-corrected chi connectivity index (χ4v) is 5.83. The summed E-state index contributed by atoms with van der Waals surface area (Å²) >= 11 is 0. The van der Waals surface area contributed by atoms with Crippen LogP contribution >= 0.6 is 0 Å². The summed E-state index contributed by atoms with van der Waals surface area (Å²) in [6.45, 7) is 3.76. The molecule has 2 N–H and O–H groups in total. The van der Waals surface area contributed by atoms with Crippen LogP contribution in [-0.2, 0) is 11.2 Å². The summed E-state index contributed by atoms with van der Waals surface area (Å²) in [5, 5.41) is 20.0. The molecule has 2 aliphatic carbocycles. The second kappa shape index (κ2) is 12.2. The van der Waals surface area contributed by atoms with Gasteiger partial charge in [-0.25, -0.2) is 0 Å². The fraction of sp³-hybridized carbons (Fsp3) is 0.552. The molecule has 2 fully saturated rings. The number of aliphatic hydroxyl groups excluding tert-OH is 1. The van der Waals surface area contributed by atoms with Crippen molar-refractivity contribution >= 4 is 5.97 Å². The van der Waals surface area contributed by atoms with Crippen molar-refractivity contribution in [3.05, 3.63) is 72.4 Å². The molecule has 0 saturated heterocycles. The second-order valence-electron chi connectivity index (χ2n) is 9.85. The number of unbranched alkanes of at least 4 members (excludes halogenated alkanes) is 1. The maximum absolute atomic E-state index is 11.1. The van der Waals surface area contributed by atoms with E-state index in [4.69, 9.17) is 5.11 Å². The quantitative estimate of drug-likeness (QED) is 0.213. The van der Waals surface area contributed by atoms with Crippen LogP contribution in [0.4, 0.5) is 0 Å². The molecule has 0 spiro atoms. The van der Waals surface area contributed by atoms with Gasteiger partial charge in [0.2, 0.25) is 0 Å². The average Bonchev–Trinajstić information content (AvgIpc) is 2.77. The first-order chi connectivity index (χ1) is 15.5. The molecule has 0 amide bonds. The first-order valence-corrected chi connectivity index (χ1v) is 12.5. The van der Waals surface area contributed by atoms with Crippen LogP contribution in [0.25, 0.3) is 0 Å². The monoisotopic (exact) mass is 436 g/mol. The molecule has 3 rings (SSSR count). The lowest BCUT2D eigenvalue weighted by atomic mass is 9.57. The molecule has 3 atom stereocenters. The molecule has 0 bridgehead atoms. The number of allylic oxidation sites excluding steroid dienone is 4. The molecule has 2 unspecified atom stereocenters. The number of carboxylic acids is 1. The van der Waals surface area contributed by atoms with Gasteiger partial charge in [-0.05, 0) is 75.2 Å². The first kappa shape index (κ1) is 24.5. The SMILES string of the molecule is C=C/C=C/[C@H](O)C1(CC(Cc2ccccc2)C2CCCC/C2=C/CCCC(=O)O)CCC1. The molecule has 3 heteroatoms. The minimum absolute atomic E-state index is 0.0230. The van der Waals surface area contributed by atoms with Gasteiger partial charge in [0.1, 0.15) is 0 Å². The lowest BCUT2D eigenvalue weighted by Gasteiger charge is -2.48. The minimum atomic E-state index is -0.709. The number of aliphatic carboxylic acids is 1. The van der Waals surface area contributed by atoms with Gasteiger partial charge in [-0.1, -0.05) is 79.6 Å². The Bertz CT molecular complexity index is 788. The fourth-order valence-electron chi connectivity index (χ4n) is 5.83. The third-order valence-corrected chi connectivity index (χ3v) is 7.69. The van der Waals surface area contributed by atoms with Crippen molar-refractivity contribution in [2.75, 3.05) is 0 Å². The van der Waals surface area contributed by atoms with E-state index in [2.05, 4.69) is 43.0 Å². The van der Waals surface area contributed by atoms with E-state index in [-0.39, 0.29) is 11.8 Å². The topological polar surface area (TPSA) is 57.5 Å². The molecule has 174 valence electrons. The normalized spacial score (nSPS) is 23.5. The van der Waals surface area contributed by atoms with Gasteiger partial charge in [0.05, 0.1) is 6.10 Å². The predicted molar refractivity (Wildman–Crippen MR) is 131 cm³/mol. The largest absolute Gasteiger partial charge is 0.481 e. The van der Waals surface area contributed by atoms with Crippen LogP contribution in [0.2, 0.25) is 0 Å². The van der Waals surface area contributed by atoms with E-state index in [0.717, 1.165) is 38.5 Å². The highest BCUT2D eigenvalue weighted by Crippen LogP contribution is 2.52. The average molecular weight is 437 g/mol. The molecule has 2 aliphatic rings. The van der Waals surface area contributed by atoms with Gasteiger partial charge in [0.25, 0.3) is 0 Å². The van der Waals surface area contributed by atoms with E-state index in [1.54, 1.807) is 6.08 Å². The lowest BCUT2D eigenvalue weighted by Crippen LogP contribution is -2.43. The van der Waals surface area contributed by atoms with E-state index in [0.29, 0.717) is 18.3 Å². The second-order valence-corrected chi connectivity index (χ2v) is 9.85. The molecule has 0 heterocycles. The maximum Gasteiger partial charge on any atom is 0.303 e. The minimum Gasteiger partial charge on any atom is -0.481 e. The van der Waals surface area contributed by atoms with Gasteiger partial charge >= 0.3 is 5.97 Å². The van der Waals surface area contributed by atoms with Gasteiger partial charge in [0, 0.05) is 11.8 Å². The van der Waals surface area contributed by atoms with Crippen LogP contribution in [0.1, 0.15) is 76.2 Å². The van der Waals surface area contributed by atoms with Crippen LogP contribution in [0, 0.1) is 17.3 Å². The van der Waals surface area contributed by atoms with Crippen molar-refractivity contribution in [3.8, 4) is 0 Å². The molecule has 1 aromatic carbocycles. The Kier molecular flexibility index (Phi) is 9.35. The molecule has 2 saturated carbocycles. The number of hydrogen-bond donors (Lipinski definition) is 2. The Morgan fingerprint density at radius 3 is 2.62 bits per heavy atom. The third kappa shape index (κ3) is 6.68. The predicted octanol–water partition coefficient (Wildman–Crippen LogP) is 6.88. The number of carboxylic acid groups (broad SMARTS) is 1. The molecule has 0 aliphatic heterocycles. The van der Waals surface area contributed by atoms with Crippen LogP contribution in [0.15, 0.2) is 66.8 Å². The Morgan fingerprint density at radius 1 is 1.19 bits per heavy atom. The van der Waals surface area contributed by atoms with Gasteiger partial charge < -0.3 is 10.2 Å².